The molecule has 0 spiro atoms. The summed E-state index contributed by atoms with van der Waals surface area (Å²) < 4.78 is 10.3. The van der Waals surface area contributed by atoms with E-state index in [1.165, 1.54) is 7.11 Å². The lowest BCUT2D eigenvalue weighted by Gasteiger charge is -2.16. The Labute approximate surface area is 117 Å². The fraction of sp³-hybridized carbons (Fsp3) is 0.250. The first-order valence-corrected chi connectivity index (χ1v) is 6.32. The van der Waals surface area contributed by atoms with Crippen LogP contribution in [-0.2, 0) is 9.53 Å². The lowest BCUT2D eigenvalue weighted by Crippen LogP contribution is -2.13. The number of methoxy groups -OCH3 is 1. The average molecular weight is 269 g/mol. The van der Waals surface area contributed by atoms with Crippen LogP contribution in [0.2, 0.25) is 0 Å². The molecule has 0 fully saturated rings. The van der Waals surface area contributed by atoms with Crippen LogP contribution >= 0.6 is 0 Å². The van der Waals surface area contributed by atoms with E-state index in [1.807, 2.05) is 12.2 Å². The lowest BCUT2D eigenvalue weighted by molar-refractivity contribution is -0.135. The number of allylic oxidation sites excluding steroid dienone is 1. The highest BCUT2D eigenvalue weighted by atomic mass is 16.5. The van der Waals surface area contributed by atoms with Crippen LogP contribution in [0.15, 0.2) is 48.1 Å². The third-order valence-electron chi connectivity index (χ3n) is 3.06. The average Bonchev–Trinajstić information content (AvgIpc) is 2.53. The summed E-state index contributed by atoms with van der Waals surface area (Å²) in [6.45, 7) is 0.535. The number of rotatable bonds is 4. The van der Waals surface area contributed by atoms with Crippen molar-refractivity contribution in [1.82, 2.24) is 0 Å². The van der Waals surface area contributed by atoms with Crippen LogP contribution in [-0.4, -0.2) is 19.7 Å². The number of benzene rings is 1. The maximum Gasteiger partial charge on any atom is 0.337 e. The molecule has 0 aliphatic heterocycles. The van der Waals surface area contributed by atoms with Gasteiger partial charge in [0.25, 0.3) is 0 Å². The van der Waals surface area contributed by atoms with Gasteiger partial charge in [0.15, 0.2) is 0 Å². The highest BCUT2D eigenvalue weighted by Gasteiger charge is 2.14. The van der Waals surface area contributed by atoms with Gasteiger partial charge in [-0.25, -0.2) is 4.79 Å². The molecule has 102 valence electrons. The molecule has 4 nitrogen and oxygen atoms in total. The van der Waals surface area contributed by atoms with Crippen molar-refractivity contribution < 1.29 is 14.3 Å². The quantitative estimate of drug-likeness (QED) is 0.788. The zero-order chi connectivity index (χ0) is 14.4. The van der Waals surface area contributed by atoms with E-state index in [0.29, 0.717) is 17.7 Å². The molecule has 0 saturated carbocycles. The topological polar surface area (TPSA) is 59.3 Å². The van der Waals surface area contributed by atoms with Crippen LogP contribution < -0.4 is 4.74 Å². The molecule has 0 radical (unpaired) electrons. The van der Waals surface area contributed by atoms with E-state index >= 15 is 0 Å². The molecule has 0 heterocycles. The van der Waals surface area contributed by atoms with Crippen molar-refractivity contribution in [3.8, 4) is 11.8 Å². The molecule has 0 aromatic heterocycles. The molecule has 1 aromatic rings. The molecular weight excluding hydrogens is 254 g/mol. The van der Waals surface area contributed by atoms with Crippen molar-refractivity contribution in [2.75, 3.05) is 13.7 Å². The Hall–Kier alpha value is -2.54. The Bertz CT molecular complexity index is 579. The Morgan fingerprint density at radius 3 is 2.70 bits per heavy atom. The van der Waals surface area contributed by atoms with Gasteiger partial charge in [0.1, 0.15) is 5.75 Å². The maximum atomic E-state index is 11.3. The summed E-state index contributed by atoms with van der Waals surface area (Å²) in [5.41, 5.74) is 1.20. The number of hydrogen-bond acceptors (Lipinski definition) is 4. The van der Waals surface area contributed by atoms with Gasteiger partial charge in [-0.15, -0.1) is 0 Å². The van der Waals surface area contributed by atoms with Crippen LogP contribution in [0.5, 0.6) is 5.75 Å². The summed E-state index contributed by atoms with van der Waals surface area (Å²) in [6.07, 6.45) is 6.33. The van der Waals surface area contributed by atoms with E-state index in [4.69, 9.17) is 10.00 Å². The molecule has 0 amide bonds. The Kier molecular flexibility index (Phi) is 4.56. The van der Waals surface area contributed by atoms with Crippen LogP contribution in [0.4, 0.5) is 0 Å². The molecule has 1 atom stereocenters. The minimum absolute atomic E-state index is 0.235. The summed E-state index contributed by atoms with van der Waals surface area (Å²) in [7, 11) is 1.37. The number of carbonyl (C=O) groups is 1. The lowest BCUT2D eigenvalue weighted by atomic mass is 9.97. The van der Waals surface area contributed by atoms with Crippen molar-refractivity contribution in [3.63, 3.8) is 0 Å². The molecule has 1 aliphatic carbocycles. The van der Waals surface area contributed by atoms with E-state index in [0.717, 1.165) is 12.2 Å². The van der Waals surface area contributed by atoms with Crippen LogP contribution in [0, 0.1) is 17.2 Å². The third kappa shape index (κ3) is 3.48. The largest absolute Gasteiger partial charge is 0.493 e. The first kappa shape index (κ1) is 13.9. The molecule has 20 heavy (non-hydrogen) atoms. The smallest absolute Gasteiger partial charge is 0.337 e. The van der Waals surface area contributed by atoms with Crippen molar-refractivity contribution in [3.05, 3.63) is 53.6 Å². The fourth-order valence-electron chi connectivity index (χ4n) is 1.89. The van der Waals surface area contributed by atoms with Crippen molar-refractivity contribution in [1.29, 1.82) is 5.26 Å². The summed E-state index contributed by atoms with van der Waals surface area (Å²) in [4.78, 5) is 11.3. The normalized spacial score (nSPS) is 17.0. The van der Waals surface area contributed by atoms with E-state index in [9.17, 15) is 4.79 Å². The van der Waals surface area contributed by atoms with E-state index in [1.54, 1.807) is 30.3 Å². The minimum atomic E-state index is -0.312. The van der Waals surface area contributed by atoms with Gasteiger partial charge in [0.2, 0.25) is 0 Å². The van der Waals surface area contributed by atoms with Gasteiger partial charge in [-0.1, -0.05) is 18.2 Å². The zero-order valence-electron chi connectivity index (χ0n) is 11.2. The zero-order valence-corrected chi connectivity index (χ0v) is 11.2. The van der Waals surface area contributed by atoms with E-state index in [-0.39, 0.29) is 11.9 Å². The Morgan fingerprint density at radius 2 is 2.15 bits per heavy atom. The Morgan fingerprint density at radius 1 is 1.40 bits per heavy atom. The van der Waals surface area contributed by atoms with Crippen molar-refractivity contribution in [2.24, 2.45) is 5.92 Å². The van der Waals surface area contributed by atoms with Gasteiger partial charge >= 0.3 is 5.97 Å². The highest BCUT2D eigenvalue weighted by Crippen LogP contribution is 2.19. The monoisotopic (exact) mass is 269 g/mol. The van der Waals surface area contributed by atoms with Crippen LogP contribution in [0.25, 0.3) is 0 Å². The van der Waals surface area contributed by atoms with E-state index in [2.05, 4.69) is 10.8 Å². The molecule has 2 rings (SSSR count). The molecule has 0 saturated heterocycles. The molecule has 1 aromatic carbocycles. The number of carbonyl (C=O) groups excluding carboxylic acids is 1. The molecule has 0 unspecified atom stereocenters. The molecular formula is C16H15NO3. The number of hydrogen-bond donors (Lipinski definition) is 0. The molecule has 1 aliphatic rings. The third-order valence-corrected chi connectivity index (χ3v) is 3.06. The highest BCUT2D eigenvalue weighted by molar-refractivity contribution is 5.91. The summed E-state index contributed by atoms with van der Waals surface area (Å²) >= 11 is 0. The second kappa shape index (κ2) is 6.58. The molecule has 0 bridgehead atoms. The summed E-state index contributed by atoms with van der Waals surface area (Å²) in [6, 6.07) is 9.07. The van der Waals surface area contributed by atoms with E-state index < -0.39 is 0 Å². The first-order valence-electron chi connectivity index (χ1n) is 6.32. The van der Waals surface area contributed by atoms with Crippen LogP contribution in [0.1, 0.15) is 12.0 Å². The van der Waals surface area contributed by atoms with Crippen LogP contribution in [0.3, 0.4) is 0 Å². The number of nitrogens with zero attached hydrogens (tertiary/aromatic N) is 1. The number of nitriles is 1. The summed E-state index contributed by atoms with van der Waals surface area (Å²) in [5.74, 6) is 0.659. The fourth-order valence-corrected chi connectivity index (χ4v) is 1.89. The van der Waals surface area contributed by atoms with Gasteiger partial charge in [-0.2, -0.15) is 5.26 Å². The summed E-state index contributed by atoms with van der Waals surface area (Å²) in [5, 5.41) is 8.71. The van der Waals surface area contributed by atoms with Gasteiger partial charge in [-0.05, 0) is 30.7 Å². The van der Waals surface area contributed by atoms with Gasteiger partial charge in [0, 0.05) is 5.92 Å². The second-order valence-corrected chi connectivity index (χ2v) is 4.45. The van der Waals surface area contributed by atoms with Gasteiger partial charge in [0.05, 0.1) is 30.9 Å². The first-order chi connectivity index (χ1) is 9.72. The standard InChI is InChI=1S/C16H15NO3/c1-19-16(18)14-6-2-13(3-7-14)11-20-15-8-4-12(10-17)5-9-15/h2,4-9,13H,3,11H2,1H3/t13-/m0/s1. The van der Waals surface area contributed by atoms with Crippen molar-refractivity contribution >= 4 is 5.97 Å². The minimum Gasteiger partial charge on any atom is -0.493 e. The van der Waals surface area contributed by atoms with Crippen molar-refractivity contribution in [2.45, 2.75) is 6.42 Å². The maximum absolute atomic E-state index is 11.3. The predicted molar refractivity (Wildman–Crippen MR) is 74.0 cm³/mol. The molecule has 4 heteroatoms. The number of esters is 1. The predicted octanol–water partition coefficient (Wildman–Crippen LogP) is 2.61. The molecule has 0 N–H and O–H groups in total. The second-order valence-electron chi connectivity index (χ2n) is 4.45. The van der Waals surface area contributed by atoms with Gasteiger partial charge in [-0.3, -0.25) is 0 Å². The number of ether oxygens (including phenoxy) is 2. The Balaban J connectivity index is 1.85. The SMILES string of the molecule is COC(=O)C1=CC[C@@H](COc2ccc(C#N)cc2)C=C1. The van der Waals surface area contributed by atoms with Gasteiger partial charge < -0.3 is 9.47 Å².